The van der Waals surface area contributed by atoms with Crippen LogP contribution < -0.4 is 5.73 Å². The fourth-order valence-electron chi connectivity index (χ4n) is 1.09. The quantitative estimate of drug-likeness (QED) is 0.463. The Morgan fingerprint density at radius 3 is 2.93 bits per heavy atom. The van der Waals surface area contributed by atoms with Crippen molar-refractivity contribution < 1.29 is 9.13 Å². The monoisotopic (exact) mass is 229 g/mol. The number of nitrogen functional groups attached to an aromatic ring is 1. The van der Waals surface area contributed by atoms with E-state index in [2.05, 4.69) is 6.92 Å². The third-order valence-electron chi connectivity index (χ3n) is 1.81. The Bertz CT molecular complexity index is 307. The summed E-state index contributed by atoms with van der Waals surface area (Å²) in [5.41, 5.74) is 6.32. The Hall–Kier alpha value is -0.740. The number of hydrogen-bond donors (Lipinski definition) is 1. The molecule has 84 valence electrons. The van der Waals surface area contributed by atoms with Gasteiger partial charge in [-0.1, -0.05) is 6.92 Å². The molecule has 2 nitrogen and oxygen atoms in total. The zero-order valence-electron chi connectivity index (χ0n) is 8.83. The Morgan fingerprint density at radius 1 is 1.40 bits per heavy atom. The molecule has 0 aliphatic rings. The zero-order chi connectivity index (χ0) is 11.1. The van der Waals surface area contributed by atoms with Crippen LogP contribution in [0, 0.1) is 5.82 Å². The van der Waals surface area contributed by atoms with Gasteiger partial charge in [0.2, 0.25) is 0 Å². The third-order valence-corrected chi connectivity index (χ3v) is 2.84. The maximum absolute atomic E-state index is 12.9. The fourth-order valence-corrected chi connectivity index (χ4v) is 1.94. The first-order valence-electron chi connectivity index (χ1n) is 4.99. The molecule has 0 aromatic heterocycles. The summed E-state index contributed by atoms with van der Waals surface area (Å²) in [5, 5.41) is 0. The highest BCUT2D eigenvalue weighted by molar-refractivity contribution is 7.99. The van der Waals surface area contributed by atoms with Crippen molar-refractivity contribution in [2.24, 2.45) is 0 Å². The molecule has 0 spiro atoms. The number of rotatable bonds is 6. The van der Waals surface area contributed by atoms with Crippen molar-refractivity contribution in [2.45, 2.75) is 18.2 Å². The van der Waals surface area contributed by atoms with Gasteiger partial charge >= 0.3 is 0 Å². The molecular formula is C11H16FNOS. The van der Waals surface area contributed by atoms with E-state index >= 15 is 0 Å². The van der Waals surface area contributed by atoms with E-state index < -0.39 is 0 Å². The second-order valence-electron chi connectivity index (χ2n) is 3.14. The number of thioether (sulfide) groups is 1. The number of ether oxygens (including phenoxy) is 1. The van der Waals surface area contributed by atoms with Crippen LogP contribution in [0.1, 0.15) is 13.3 Å². The van der Waals surface area contributed by atoms with Crippen LogP contribution in [0.15, 0.2) is 23.1 Å². The maximum atomic E-state index is 12.9. The van der Waals surface area contributed by atoms with E-state index in [-0.39, 0.29) is 5.82 Å². The van der Waals surface area contributed by atoms with Crippen LogP contribution in [0.25, 0.3) is 0 Å². The molecule has 0 bridgehead atoms. The van der Waals surface area contributed by atoms with Crippen molar-refractivity contribution in [1.82, 2.24) is 0 Å². The molecule has 0 fully saturated rings. The molecule has 0 saturated heterocycles. The summed E-state index contributed by atoms with van der Waals surface area (Å²) >= 11 is 1.52. The van der Waals surface area contributed by atoms with Crippen LogP contribution >= 0.6 is 11.8 Å². The SMILES string of the molecule is CCCOCCSc1cc(F)ccc1N. The highest BCUT2D eigenvalue weighted by Crippen LogP contribution is 2.25. The van der Waals surface area contributed by atoms with E-state index in [1.165, 1.54) is 23.9 Å². The summed E-state index contributed by atoms with van der Waals surface area (Å²) in [7, 11) is 0. The molecule has 1 rings (SSSR count). The van der Waals surface area contributed by atoms with E-state index in [0.29, 0.717) is 12.3 Å². The molecular weight excluding hydrogens is 213 g/mol. The lowest BCUT2D eigenvalue weighted by molar-refractivity contribution is 0.151. The van der Waals surface area contributed by atoms with E-state index in [9.17, 15) is 4.39 Å². The summed E-state index contributed by atoms with van der Waals surface area (Å²) in [6.45, 7) is 3.52. The van der Waals surface area contributed by atoms with Crippen LogP contribution in [0.5, 0.6) is 0 Å². The van der Waals surface area contributed by atoms with Crippen molar-refractivity contribution in [3.05, 3.63) is 24.0 Å². The van der Waals surface area contributed by atoms with Crippen molar-refractivity contribution in [3.63, 3.8) is 0 Å². The van der Waals surface area contributed by atoms with Crippen molar-refractivity contribution in [2.75, 3.05) is 24.7 Å². The molecule has 1 aromatic carbocycles. The highest BCUT2D eigenvalue weighted by atomic mass is 32.2. The summed E-state index contributed by atoms with van der Waals surface area (Å²) in [5.74, 6) is 0.550. The third kappa shape index (κ3) is 4.53. The lowest BCUT2D eigenvalue weighted by Crippen LogP contribution is -1.99. The molecule has 0 amide bonds. The first-order chi connectivity index (χ1) is 7.24. The van der Waals surface area contributed by atoms with Gasteiger partial charge in [-0.15, -0.1) is 11.8 Å². The van der Waals surface area contributed by atoms with Gasteiger partial charge in [-0.05, 0) is 24.6 Å². The van der Waals surface area contributed by atoms with Gasteiger partial charge in [0.15, 0.2) is 0 Å². The van der Waals surface area contributed by atoms with Crippen LogP contribution in [0.3, 0.4) is 0 Å². The van der Waals surface area contributed by atoms with Gasteiger partial charge < -0.3 is 10.5 Å². The lowest BCUT2D eigenvalue weighted by atomic mass is 10.3. The normalized spacial score (nSPS) is 10.5. The highest BCUT2D eigenvalue weighted by Gasteiger charge is 2.01. The Balaban J connectivity index is 2.33. The van der Waals surface area contributed by atoms with Gasteiger partial charge in [0.05, 0.1) is 6.61 Å². The van der Waals surface area contributed by atoms with E-state index in [0.717, 1.165) is 23.7 Å². The number of anilines is 1. The maximum Gasteiger partial charge on any atom is 0.124 e. The number of halogens is 1. The Labute approximate surface area is 94.0 Å². The molecule has 0 saturated carbocycles. The van der Waals surface area contributed by atoms with Crippen LogP contribution in [-0.4, -0.2) is 19.0 Å². The summed E-state index contributed by atoms with van der Waals surface area (Å²) in [6.07, 6.45) is 1.02. The van der Waals surface area contributed by atoms with Gasteiger partial charge in [0.1, 0.15) is 5.82 Å². The van der Waals surface area contributed by atoms with Gasteiger partial charge in [-0.2, -0.15) is 0 Å². The standard InChI is InChI=1S/C11H16FNOS/c1-2-5-14-6-7-15-11-8-9(12)3-4-10(11)13/h3-4,8H,2,5-7,13H2,1H3. The zero-order valence-corrected chi connectivity index (χ0v) is 9.65. The first kappa shape index (κ1) is 12.3. The van der Waals surface area contributed by atoms with Crippen LogP contribution in [-0.2, 0) is 4.74 Å². The molecule has 0 aliphatic heterocycles. The Morgan fingerprint density at radius 2 is 2.20 bits per heavy atom. The van der Waals surface area contributed by atoms with Gasteiger partial charge in [-0.3, -0.25) is 0 Å². The lowest BCUT2D eigenvalue weighted by Gasteiger charge is -2.05. The molecule has 15 heavy (non-hydrogen) atoms. The van der Waals surface area contributed by atoms with Crippen molar-refractivity contribution in [3.8, 4) is 0 Å². The predicted molar refractivity (Wildman–Crippen MR) is 62.6 cm³/mol. The molecule has 0 atom stereocenters. The van der Waals surface area contributed by atoms with Crippen molar-refractivity contribution >= 4 is 17.4 Å². The minimum absolute atomic E-state index is 0.249. The molecule has 1 aromatic rings. The summed E-state index contributed by atoms with van der Waals surface area (Å²) in [4.78, 5) is 0.787. The first-order valence-corrected chi connectivity index (χ1v) is 5.98. The fraction of sp³-hybridized carbons (Fsp3) is 0.455. The number of hydrogen-bond acceptors (Lipinski definition) is 3. The van der Waals surface area contributed by atoms with Crippen LogP contribution in [0.4, 0.5) is 10.1 Å². The van der Waals surface area contributed by atoms with Crippen LogP contribution in [0.2, 0.25) is 0 Å². The molecule has 2 N–H and O–H groups in total. The van der Waals surface area contributed by atoms with Gasteiger partial charge in [0, 0.05) is 22.9 Å². The van der Waals surface area contributed by atoms with Gasteiger partial charge in [0.25, 0.3) is 0 Å². The summed E-state index contributed by atoms with van der Waals surface area (Å²) in [6, 6.07) is 4.41. The van der Waals surface area contributed by atoms with E-state index in [1.54, 1.807) is 6.07 Å². The summed E-state index contributed by atoms with van der Waals surface area (Å²) < 4.78 is 18.2. The molecule has 0 heterocycles. The average molecular weight is 229 g/mol. The predicted octanol–water partition coefficient (Wildman–Crippen LogP) is 2.93. The molecule has 0 radical (unpaired) electrons. The molecule has 4 heteroatoms. The smallest absolute Gasteiger partial charge is 0.124 e. The second-order valence-corrected chi connectivity index (χ2v) is 4.28. The minimum Gasteiger partial charge on any atom is -0.398 e. The van der Waals surface area contributed by atoms with E-state index in [1.807, 2.05) is 0 Å². The minimum atomic E-state index is -0.249. The topological polar surface area (TPSA) is 35.2 Å². The van der Waals surface area contributed by atoms with Gasteiger partial charge in [-0.25, -0.2) is 4.39 Å². The Kier molecular flexibility index (Phi) is 5.50. The van der Waals surface area contributed by atoms with E-state index in [4.69, 9.17) is 10.5 Å². The second kappa shape index (κ2) is 6.69. The number of benzene rings is 1. The average Bonchev–Trinajstić information content (AvgIpc) is 2.23. The molecule has 0 aliphatic carbocycles. The molecule has 0 unspecified atom stereocenters. The largest absolute Gasteiger partial charge is 0.398 e. The van der Waals surface area contributed by atoms with Crippen molar-refractivity contribution in [1.29, 1.82) is 0 Å². The number of nitrogens with two attached hydrogens (primary N) is 1.